The maximum atomic E-state index is 9.19. The van der Waals surface area contributed by atoms with E-state index in [1.807, 2.05) is 13.8 Å². The van der Waals surface area contributed by atoms with Crippen LogP contribution >= 0.6 is 11.9 Å². The van der Waals surface area contributed by atoms with Crippen LogP contribution in [0.3, 0.4) is 0 Å². The first kappa shape index (κ1) is 23.6. The van der Waals surface area contributed by atoms with Crippen molar-refractivity contribution in [2.24, 2.45) is 5.92 Å². The molecule has 1 saturated heterocycles. The lowest BCUT2D eigenvalue weighted by Gasteiger charge is -2.36. The number of aliphatic hydroxyl groups is 1. The fourth-order valence-electron chi connectivity index (χ4n) is 3.77. The number of aryl methyl sites for hydroxylation is 1. The zero-order valence-corrected chi connectivity index (χ0v) is 19.8. The van der Waals surface area contributed by atoms with Crippen molar-refractivity contribution in [3.63, 3.8) is 0 Å². The Morgan fingerprint density at radius 1 is 1.06 bits per heavy atom. The predicted molar refractivity (Wildman–Crippen MR) is 134 cm³/mol. The molecule has 166 valence electrons. The molecule has 0 bridgehead atoms. The van der Waals surface area contributed by atoms with E-state index in [1.165, 1.54) is 23.3 Å². The van der Waals surface area contributed by atoms with Gasteiger partial charge >= 0.3 is 0 Å². The molecule has 1 aromatic heterocycles. The Bertz CT molecular complexity index is 986. The standard InChI is InChI=1S/C24H29N3OS.C2H6/c1-2-3-4-6-21-11-20-10-9-19(13-23(20)26-24(21)25)18-7-5-8-22(12-18)29-27-14-17(15-27)16-28;1-2/h5,7-13,17,28H,2-4,6,14-16H2,1H3,(H2,25,26);1-2H3. The molecule has 31 heavy (non-hydrogen) atoms. The van der Waals surface area contributed by atoms with E-state index in [-0.39, 0.29) is 6.61 Å². The van der Waals surface area contributed by atoms with E-state index in [2.05, 4.69) is 59.8 Å². The van der Waals surface area contributed by atoms with E-state index in [9.17, 15) is 5.11 Å². The summed E-state index contributed by atoms with van der Waals surface area (Å²) in [5, 5.41) is 10.3. The normalized spacial score (nSPS) is 14.2. The highest BCUT2D eigenvalue weighted by Gasteiger charge is 2.26. The number of unbranched alkanes of at least 4 members (excludes halogenated alkanes) is 2. The van der Waals surface area contributed by atoms with Crippen LogP contribution in [-0.2, 0) is 6.42 Å². The van der Waals surface area contributed by atoms with Crippen molar-refractivity contribution in [2.75, 3.05) is 25.4 Å². The number of fused-ring (bicyclic) bond motifs is 1. The molecule has 1 aliphatic heterocycles. The van der Waals surface area contributed by atoms with Gasteiger partial charge in [-0.15, -0.1) is 0 Å². The zero-order valence-electron chi connectivity index (χ0n) is 19.0. The molecule has 3 N–H and O–H groups in total. The van der Waals surface area contributed by atoms with Gasteiger partial charge in [-0.25, -0.2) is 9.29 Å². The minimum absolute atomic E-state index is 0.282. The quantitative estimate of drug-likeness (QED) is 0.326. The van der Waals surface area contributed by atoms with Crippen LogP contribution in [0.15, 0.2) is 53.4 Å². The molecule has 0 unspecified atom stereocenters. The summed E-state index contributed by atoms with van der Waals surface area (Å²) in [4.78, 5) is 5.91. The number of nitrogens with zero attached hydrogens (tertiary/aromatic N) is 2. The third-order valence-corrected chi connectivity index (χ3v) is 6.58. The largest absolute Gasteiger partial charge is 0.396 e. The lowest BCUT2D eigenvalue weighted by molar-refractivity contribution is 0.125. The first-order valence-electron chi connectivity index (χ1n) is 11.5. The van der Waals surface area contributed by atoms with Gasteiger partial charge in [0.2, 0.25) is 0 Å². The summed E-state index contributed by atoms with van der Waals surface area (Å²) >= 11 is 1.76. The molecule has 1 aliphatic rings. The summed E-state index contributed by atoms with van der Waals surface area (Å²) in [5.74, 6) is 1.08. The molecule has 0 saturated carbocycles. The van der Waals surface area contributed by atoms with Crippen molar-refractivity contribution in [3.05, 3.63) is 54.1 Å². The Balaban J connectivity index is 0.00000132. The average molecular weight is 438 g/mol. The molecule has 4 rings (SSSR count). The second-order valence-corrected chi connectivity index (χ2v) is 9.08. The van der Waals surface area contributed by atoms with Crippen molar-refractivity contribution < 1.29 is 5.11 Å². The van der Waals surface area contributed by atoms with Crippen LogP contribution in [-0.4, -0.2) is 34.1 Å². The Kier molecular flexibility index (Phi) is 8.76. The molecule has 1 fully saturated rings. The highest BCUT2D eigenvalue weighted by atomic mass is 32.2. The third kappa shape index (κ3) is 6.00. The Morgan fingerprint density at radius 3 is 2.58 bits per heavy atom. The van der Waals surface area contributed by atoms with E-state index in [4.69, 9.17) is 10.7 Å². The van der Waals surface area contributed by atoms with Crippen LogP contribution in [0.1, 0.15) is 45.6 Å². The van der Waals surface area contributed by atoms with Crippen LogP contribution in [0.25, 0.3) is 22.0 Å². The summed E-state index contributed by atoms with van der Waals surface area (Å²) in [7, 11) is 0. The molecule has 0 radical (unpaired) electrons. The van der Waals surface area contributed by atoms with E-state index >= 15 is 0 Å². The third-order valence-electron chi connectivity index (χ3n) is 5.56. The van der Waals surface area contributed by atoms with E-state index in [0.717, 1.165) is 48.0 Å². The molecular formula is C26H35N3OS. The lowest BCUT2D eigenvalue weighted by Crippen LogP contribution is -2.43. The van der Waals surface area contributed by atoms with Gasteiger partial charge in [0.1, 0.15) is 5.82 Å². The summed E-state index contributed by atoms with van der Waals surface area (Å²) in [6, 6.07) is 17.3. The molecular weight excluding hydrogens is 402 g/mol. The fraction of sp³-hybridized carbons (Fsp3) is 0.423. The minimum atomic E-state index is 0.282. The second kappa shape index (κ2) is 11.5. The maximum Gasteiger partial charge on any atom is 0.127 e. The van der Waals surface area contributed by atoms with Gasteiger partial charge in [-0.1, -0.05) is 57.9 Å². The van der Waals surface area contributed by atoms with Crippen LogP contribution in [0.4, 0.5) is 5.82 Å². The van der Waals surface area contributed by atoms with Gasteiger partial charge < -0.3 is 10.8 Å². The lowest BCUT2D eigenvalue weighted by atomic mass is 10.0. The number of benzene rings is 2. The van der Waals surface area contributed by atoms with Gasteiger partial charge in [0.25, 0.3) is 0 Å². The van der Waals surface area contributed by atoms with Gasteiger partial charge in [-0.05, 0) is 65.7 Å². The van der Waals surface area contributed by atoms with Crippen LogP contribution in [0.2, 0.25) is 0 Å². The molecule has 2 aromatic carbocycles. The Morgan fingerprint density at radius 2 is 1.84 bits per heavy atom. The van der Waals surface area contributed by atoms with Crippen molar-refractivity contribution in [1.82, 2.24) is 9.29 Å². The highest BCUT2D eigenvalue weighted by molar-refractivity contribution is 7.97. The minimum Gasteiger partial charge on any atom is -0.396 e. The summed E-state index contributed by atoms with van der Waals surface area (Å²) in [6.45, 7) is 8.40. The van der Waals surface area contributed by atoms with Gasteiger partial charge in [0.15, 0.2) is 0 Å². The molecule has 3 aromatic rings. The number of hydrogen-bond acceptors (Lipinski definition) is 5. The number of anilines is 1. The van der Waals surface area contributed by atoms with Crippen molar-refractivity contribution in [3.8, 4) is 11.1 Å². The molecule has 0 amide bonds. The monoisotopic (exact) mass is 437 g/mol. The number of rotatable bonds is 8. The average Bonchev–Trinajstić information content (AvgIpc) is 2.77. The summed E-state index contributed by atoms with van der Waals surface area (Å²) in [6.07, 6.45) is 4.59. The zero-order chi connectivity index (χ0) is 22.2. The van der Waals surface area contributed by atoms with Crippen LogP contribution < -0.4 is 5.73 Å². The van der Waals surface area contributed by atoms with Gasteiger partial charge in [0, 0.05) is 35.9 Å². The molecule has 0 atom stereocenters. The van der Waals surface area contributed by atoms with Crippen molar-refractivity contribution in [2.45, 2.75) is 51.3 Å². The molecule has 5 heteroatoms. The summed E-state index contributed by atoms with van der Waals surface area (Å²) in [5.41, 5.74) is 10.7. The first-order valence-corrected chi connectivity index (χ1v) is 12.3. The maximum absolute atomic E-state index is 9.19. The molecule has 0 aliphatic carbocycles. The number of nitrogen functional groups attached to an aromatic ring is 1. The number of aliphatic hydroxyl groups excluding tert-OH is 1. The van der Waals surface area contributed by atoms with E-state index < -0.39 is 0 Å². The first-order chi connectivity index (χ1) is 15.2. The SMILES string of the molecule is CC.CCCCCc1cc2ccc(-c3cccc(SN4CC(CO)C4)c3)cc2nc1N. The van der Waals surface area contributed by atoms with E-state index in [1.54, 1.807) is 11.9 Å². The van der Waals surface area contributed by atoms with Crippen LogP contribution in [0.5, 0.6) is 0 Å². The number of hydrogen-bond donors (Lipinski definition) is 2. The van der Waals surface area contributed by atoms with Gasteiger partial charge in [0.05, 0.1) is 5.52 Å². The second-order valence-electron chi connectivity index (χ2n) is 7.91. The summed E-state index contributed by atoms with van der Waals surface area (Å²) < 4.78 is 2.29. The topological polar surface area (TPSA) is 62.4 Å². The van der Waals surface area contributed by atoms with Crippen molar-refractivity contribution in [1.29, 1.82) is 0 Å². The number of pyridine rings is 1. The highest BCUT2D eigenvalue weighted by Crippen LogP contribution is 2.33. The predicted octanol–water partition coefficient (Wildman–Crippen LogP) is 6.17. The van der Waals surface area contributed by atoms with Crippen LogP contribution in [0, 0.1) is 5.92 Å². The number of nitrogens with two attached hydrogens (primary N) is 1. The smallest absolute Gasteiger partial charge is 0.127 e. The van der Waals surface area contributed by atoms with E-state index in [0.29, 0.717) is 11.7 Å². The van der Waals surface area contributed by atoms with Crippen molar-refractivity contribution >= 4 is 28.7 Å². The Labute approximate surface area is 191 Å². The molecule has 0 spiro atoms. The Hall–Kier alpha value is -2.08. The fourth-order valence-corrected chi connectivity index (χ4v) is 4.95. The molecule has 2 heterocycles. The molecule has 4 nitrogen and oxygen atoms in total. The van der Waals surface area contributed by atoms with Gasteiger partial charge in [-0.3, -0.25) is 0 Å². The van der Waals surface area contributed by atoms with Gasteiger partial charge in [-0.2, -0.15) is 0 Å². The number of aromatic nitrogens is 1.